The average molecular weight is 361 g/mol. The molecule has 0 spiro atoms. The Balaban J connectivity index is 2.21. The summed E-state index contributed by atoms with van der Waals surface area (Å²) in [6.07, 6.45) is 0.833. The summed E-state index contributed by atoms with van der Waals surface area (Å²) in [4.78, 5) is 23.2. The molecule has 6 nitrogen and oxygen atoms in total. The second-order valence-corrected chi connectivity index (χ2v) is 5.40. The quantitative estimate of drug-likeness (QED) is 0.743. The molecule has 2 aromatic carbocycles. The van der Waals surface area contributed by atoms with Crippen molar-refractivity contribution in [2.75, 3.05) is 18.5 Å². The van der Waals surface area contributed by atoms with E-state index in [1.165, 1.54) is 18.2 Å². The topological polar surface area (TPSA) is 84.9 Å². The largest absolute Gasteiger partial charge is 0.490 e. The highest BCUT2D eigenvalue weighted by Gasteiger charge is 2.15. The number of carbonyl (C=O) groups excluding carboxylic acids is 1. The van der Waals surface area contributed by atoms with Gasteiger partial charge < -0.3 is 19.9 Å². The van der Waals surface area contributed by atoms with Crippen molar-refractivity contribution in [3.05, 3.63) is 53.3 Å². The number of benzene rings is 2. The average Bonchev–Trinajstić information content (AvgIpc) is 2.62. The van der Waals surface area contributed by atoms with E-state index in [1.54, 1.807) is 12.1 Å². The first kappa shape index (κ1) is 19.2. The molecule has 2 aromatic rings. The van der Waals surface area contributed by atoms with E-state index in [-0.39, 0.29) is 16.8 Å². The lowest BCUT2D eigenvalue weighted by molar-refractivity contribution is 0.0696. The number of rotatable bonds is 8. The van der Waals surface area contributed by atoms with Gasteiger partial charge in [0.05, 0.1) is 24.5 Å². The molecule has 0 atom stereocenters. The molecular formula is C19H20FNO5. The standard InChI is InChI=1S/C19H20FNO5/c1-3-9-26-16-8-6-12(11-17(16)25-4-2)18(22)21-15-7-5-13(19(23)24)10-14(15)20/h5-8,10-11H,3-4,9H2,1-2H3,(H,21,22)(H,23,24). The minimum Gasteiger partial charge on any atom is -0.490 e. The van der Waals surface area contributed by atoms with Gasteiger partial charge in [-0.1, -0.05) is 6.92 Å². The van der Waals surface area contributed by atoms with Crippen molar-refractivity contribution < 1.29 is 28.6 Å². The number of halogens is 1. The maximum atomic E-state index is 14.0. The molecule has 0 radical (unpaired) electrons. The molecule has 0 heterocycles. The molecule has 0 saturated heterocycles. The molecule has 0 aliphatic rings. The lowest BCUT2D eigenvalue weighted by Gasteiger charge is -2.13. The van der Waals surface area contributed by atoms with Crippen molar-refractivity contribution in [1.29, 1.82) is 0 Å². The van der Waals surface area contributed by atoms with Gasteiger partial charge in [0, 0.05) is 5.56 Å². The second-order valence-electron chi connectivity index (χ2n) is 5.40. The maximum Gasteiger partial charge on any atom is 0.335 e. The summed E-state index contributed by atoms with van der Waals surface area (Å²) in [5, 5.41) is 11.3. The Hall–Kier alpha value is -3.09. The van der Waals surface area contributed by atoms with Crippen molar-refractivity contribution in [3.63, 3.8) is 0 Å². The van der Waals surface area contributed by atoms with Crippen molar-refractivity contribution in [2.24, 2.45) is 0 Å². The van der Waals surface area contributed by atoms with E-state index in [9.17, 15) is 14.0 Å². The van der Waals surface area contributed by atoms with Gasteiger partial charge in [0.2, 0.25) is 0 Å². The fraction of sp³-hybridized carbons (Fsp3) is 0.263. The van der Waals surface area contributed by atoms with Gasteiger partial charge in [0.25, 0.3) is 5.91 Å². The van der Waals surface area contributed by atoms with E-state index in [2.05, 4.69) is 5.32 Å². The lowest BCUT2D eigenvalue weighted by Crippen LogP contribution is -2.14. The van der Waals surface area contributed by atoms with Crippen LogP contribution in [0, 0.1) is 5.82 Å². The van der Waals surface area contributed by atoms with Gasteiger partial charge in [-0.05, 0) is 49.7 Å². The van der Waals surface area contributed by atoms with Crippen LogP contribution in [0.4, 0.5) is 10.1 Å². The number of nitrogens with one attached hydrogen (secondary N) is 1. The summed E-state index contributed by atoms with van der Waals surface area (Å²) in [5.74, 6) is -1.66. The third-order valence-corrected chi connectivity index (χ3v) is 3.43. The highest BCUT2D eigenvalue weighted by atomic mass is 19.1. The fourth-order valence-corrected chi connectivity index (χ4v) is 2.19. The van der Waals surface area contributed by atoms with Crippen molar-refractivity contribution in [2.45, 2.75) is 20.3 Å². The van der Waals surface area contributed by atoms with Crippen molar-refractivity contribution in [3.8, 4) is 11.5 Å². The zero-order chi connectivity index (χ0) is 19.1. The minimum atomic E-state index is -1.24. The molecule has 0 aliphatic heterocycles. The third-order valence-electron chi connectivity index (χ3n) is 3.43. The molecule has 7 heteroatoms. The summed E-state index contributed by atoms with van der Waals surface area (Å²) in [7, 11) is 0. The highest BCUT2D eigenvalue weighted by molar-refractivity contribution is 6.05. The number of carboxylic acid groups (broad SMARTS) is 1. The van der Waals surface area contributed by atoms with E-state index in [0.29, 0.717) is 24.7 Å². The number of amides is 1. The number of carbonyl (C=O) groups is 2. The molecule has 138 valence electrons. The normalized spacial score (nSPS) is 10.3. The van der Waals surface area contributed by atoms with Gasteiger partial charge in [-0.3, -0.25) is 4.79 Å². The smallest absolute Gasteiger partial charge is 0.335 e. The number of anilines is 1. The third kappa shape index (κ3) is 4.72. The molecule has 2 N–H and O–H groups in total. The molecule has 0 fully saturated rings. The Morgan fingerprint density at radius 1 is 1.04 bits per heavy atom. The minimum absolute atomic E-state index is 0.107. The zero-order valence-electron chi connectivity index (χ0n) is 14.5. The predicted molar refractivity (Wildman–Crippen MR) is 94.7 cm³/mol. The van der Waals surface area contributed by atoms with Crippen LogP contribution in [0.15, 0.2) is 36.4 Å². The van der Waals surface area contributed by atoms with Gasteiger partial charge in [-0.15, -0.1) is 0 Å². The van der Waals surface area contributed by atoms with Crippen molar-refractivity contribution >= 4 is 17.6 Å². The van der Waals surface area contributed by atoms with Crippen LogP contribution in [0.1, 0.15) is 41.0 Å². The summed E-state index contributed by atoms with van der Waals surface area (Å²) < 4.78 is 25.0. The first-order valence-electron chi connectivity index (χ1n) is 8.20. The van der Waals surface area contributed by atoms with E-state index in [1.807, 2.05) is 13.8 Å². The Kier molecular flexibility index (Phi) is 6.54. The number of ether oxygens (including phenoxy) is 2. The monoisotopic (exact) mass is 361 g/mol. The number of aromatic carboxylic acids is 1. The van der Waals surface area contributed by atoms with Crippen LogP contribution in [-0.2, 0) is 0 Å². The van der Waals surface area contributed by atoms with Crippen LogP contribution < -0.4 is 14.8 Å². The number of hydrogen-bond acceptors (Lipinski definition) is 4. The fourth-order valence-electron chi connectivity index (χ4n) is 2.19. The molecule has 0 bridgehead atoms. The van der Waals surface area contributed by atoms with Crippen molar-refractivity contribution in [1.82, 2.24) is 0 Å². The zero-order valence-corrected chi connectivity index (χ0v) is 14.5. The molecule has 0 unspecified atom stereocenters. The van der Waals surface area contributed by atoms with Crippen LogP contribution in [0.25, 0.3) is 0 Å². The van der Waals surface area contributed by atoms with E-state index < -0.39 is 17.7 Å². The molecular weight excluding hydrogens is 341 g/mol. The second kappa shape index (κ2) is 8.84. The van der Waals surface area contributed by atoms with E-state index in [4.69, 9.17) is 14.6 Å². The lowest BCUT2D eigenvalue weighted by atomic mass is 10.1. The highest BCUT2D eigenvalue weighted by Crippen LogP contribution is 2.29. The van der Waals surface area contributed by atoms with Gasteiger partial charge in [0.1, 0.15) is 5.82 Å². The van der Waals surface area contributed by atoms with Crippen LogP contribution in [0.3, 0.4) is 0 Å². The molecule has 26 heavy (non-hydrogen) atoms. The molecule has 2 rings (SSSR count). The van der Waals surface area contributed by atoms with Gasteiger partial charge in [-0.25, -0.2) is 9.18 Å². The Morgan fingerprint density at radius 2 is 1.77 bits per heavy atom. The van der Waals surface area contributed by atoms with Gasteiger partial charge in [-0.2, -0.15) is 0 Å². The summed E-state index contributed by atoms with van der Waals surface area (Å²) >= 11 is 0. The molecule has 0 aromatic heterocycles. The Morgan fingerprint density at radius 3 is 2.38 bits per heavy atom. The summed E-state index contributed by atoms with van der Waals surface area (Å²) in [6.45, 7) is 4.72. The van der Waals surface area contributed by atoms with Gasteiger partial charge in [0.15, 0.2) is 11.5 Å². The summed E-state index contributed by atoms with van der Waals surface area (Å²) in [6, 6.07) is 7.97. The van der Waals surface area contributed by atoms with Crippen LogP contribution >= 0.6 is 0 Å². The number of carboxylic acids is 1. The van der Waals surface area contributed by atoms with Gasteiger partial charge >= 0.3 is 5.97 Å². The first-order valence-corrected chi connectivity index (χ1v) is 8.20. The first-order chi connectivity index (χ1) is 12.5. The number of hydrogen-bond donors (Lipinski definition) is 2. The molecule has 0 aliphatic carbocycles. The molecule has 1 amide bonds. The Bertz CT molecular complexity index is 807. The van der Waals surface area contributed by atoms with E-state index in [0.717, 1.165) is 12.5 Å². The van der Waals surface area contributed by atoms with E-state index >= 15 is 0 Å². The summed E-state index contributed by atoms with van der Waals surface area (Å²) in [5.41, 5.74) is -0.0418. The van der Waals surface area contributed by atoms with Crippen LogP contribution in [0.2, 0.25) is 0 Å². The predicted octanol–water partition coefficient (Wildman–Crippen LogP) is 3.96. The van der Waals surface area contributed by atoms with Crippen LogP contribution in [0.5, 0.6) is 11.5 Å². The SMILES string of the molecule is CCCOc1ccc(C(=O)Nc2ccc(C(=O)O)cc2F)cc1OCC. The Labute approximate surface area is 150 Å². The molecule has 0 saturated carbocycles. The maximum absolute atomic E-state index is 14.0. The van der Waals surface area contributed by atoms with Crippen LogP contribution in [-0.4, -0.2) is 30.2 Å².